The first-order valence-electron chi connectivity index (χ1n) is 8.48. The predicted octanol–water partition coefficient (Wildman–Crippen LogP) is 3.40. The third-order valence-electron chi connectivity index (χ3n) is 4.56. The number of carbonyl (C=O) groups is 1. The van der Waals surface area contributed by atoms with Crippen LogP contribution in [0.25, 0.3) is 21.0 Å². The molecule has 7 nitrogen and oxygen atoms in total. The second-order valence-electron chi connectivity index (χ2n) is 6.32. The zero-order valence-corrected chi connectivity index (χ0v) is 15.9. The van der Waals surface area contributed by atoms with Gasteiger partial charge in [0.2, 0.25) is 0 Å². The smallest absolute Gasteiger partial charge is 0.254 e. The van der Waals surface area contributed by atoms with Gasteiger partial charge in [0, 0.05) is 30.9 Å². The summed E-state index contributed by atoms with van der Waals surface area (Å²) < 4.78 is 16.0. The fourth-order valence-electron chi connectivity index (χ4n) is 3.17. The molecule has 1 aliphatic heterocycles. The van der Waals surface area contributed by atoms with Crippen molar-refractivity contribution in [3.05, 3.63) is 58.9 Å². The summed E-state index contributed by atoms with van der Waals surface area (Å²) in [6, 6.07) is 7.26. The molecule has 0 radical (unpaired) electrons. The number of rotatable bonds is 2. The standard InChI is InChI=1S/C18H12ClFN6OS/c19-14-7-12-13(8-21-14)28-17(22-12)16-24-23-15-9-25(5-6-26(15)16)18(27)10-1-3-11(20)4-2-10/h1-4,7-8H,5-6,9H2. The van der Waals surface area contributed by atoms with Crippen LogP contribution in [0.5, 0.6) is 0 Å². The Morgan fingerprint density at radius 2 is 2.00 bits per heavy atom. The fourth-order valence-corrected chi connectivity index (χ4v) is 4.23. The van der Waals surface area contributed by atoms with E-state index in [9.17, 15) is 9.18 Å². The first-order valence-corrected chi connectivity index (χ1v) is 9.67. The zero-order chi connectivity index (χ0) is 19.3. The monoisotopic (exact) mass is 414 g/mol. The maximum atomic E-state index is 13.1. The molecule has 0 fully saturated rings. The summed E-state index contributed by atoms with van der Waals surface area (Å²) in [6.07, 6.45) is 1.69. The van der Waals surface area contributed by atoms with Gasteiger partial charge in [-0.2, -0.15) is 0 Å². The predicted molar refractivity (Wildman–Crippen MR) is 103 cm³/mol. The number of fused-ring (bicyclic) bond motifs is 2. The van der Waals surface area contributed by atoms with Crippen LogP contribution in [0, 0.1) is 5.82 Å². The quantitative estimate of drug-likeness (QED) is 0.470. The van der Waals surface area contributed by atoms with Crippen LogP contribution >= 0.6 is 22.9 Å². The van der Waals surface area contributed by atoms with Gasteiger partial charge in [0.05, 0.1) is 16.8 Å². The molecule has 0 aliphatic carbocycles. The summed E-state index contributed by atoms with van der Waals surface area (Å²) in [4.78, 5) is 23.0. The lowest BCUT2D eigenvalue weighted by atomic mass is 10.2. The number of hydrogen-bond donors (Lipinski definition) is 0. The van der Waals surface area contributed by atoms with Crippen molar-refractivity contribution in [1.82, 2.24) is 29.6 Å². The van der Waals surface area contributed by atoms with E-state index in [-0.39, 0.29) is 11.7 Å². The van der Waals surface area contributed by atoms with E-state index < -0.39 is 0 Å². The molecule has 1 aromatic carbocycles. The zero-order valence-electron chi connectivity index (χ0n) is 14.3. The van der Waals surface area contributed by atoms with Crippen molar-refractivity contribution < 1.29 is 9.18 Å². The molecule has 0 saturated heterocycles. The maximum absolute atomic E-state index is 13.1. The van der Waals surface area contributed by atoms with Crippen LogP contribution < -0.4 is 0 Å². The summed E-state index contributed by atoms with van der Waals surface area (Å²) in [7, 11) is 0. The topological polar surface area (TPSA) is 76.8 Å². The molecule has 1 aliphatic rings. The van der Waals surface area contributed by atoms with Gasteiger partial charge in [0.1, 0.15) is 11.0 Å². The molecule has 1 amide bonds. The van der Waals surface area contributed by atoms with Gasteiger partial charge in [-0.3, -0.25) is 4.79 Å². The lowest BCUT2D eigenvalue weighted by molar-refractivity contribution is 0.0708. The Bertz CT molecular complexity index is 1200. The Labute approximate surface area is 167 Å². The van der Waals surface area contributed by atoms with Crippen molar-refractivity contribution in [1.29, 1.82) is 0 Å². The number of nitrogens with zero attached hydrogens (tertiary/aromatic N) is 6. The second kappa shape index (κ2) is 6.61. The van der Waals surface area contributed by atoms with E-state index in [0.717, 1.165) is 15.2 Å². The highest BCUT2D eigenvalue weighted by molar-refractivity contribution is 7.21. The van der Waals surface area contributed by atoms with E-state index >= 15 is 0 Å². The van der Waals surface area contributed by atoms with Crippen molar-refractivity contribution in [3.8, 4) is 10.8 Å². The molecule has 0 N–H and O–H groups in total. The molecule has 5 rings (SSSR count). The molecule has 0 spiro atoms. The van der Waals surface area contributed by atoms with E-state index in [2.05, 4.69) is 20.2 Å². The highest BCUT2D eigenvalue weighted by Crippen LogP contribution is 2.31. The number of carbonyl (C=O) groups excluding carboxylic acids is 1. The Kier molecular flexibility index (Phi) is 4.06. The SMILES string of the molecule is O=C(c1ccc(F)cc1)N1CCn2c(nnc2-c2nc3cc(Cl)ncc3s2)C1. The summed E-state index contributed by atoms with van der Waals surface area (Å²) in [5, 5.41) is 9.65. The summed E-state index contributed by atoms with van der Waals surface area (Å²) in [5.41, 5.74) is 1.21. The van der Waals surface area contributed by atoms with Crippen molar-refractivity contribution in [2.45, 2.75) is 13.1 Å². The number of aromatic nitrogens is 5. The minimum atomic E-state index is -0.369. The van der Waals surface area contributed by atoms with Gasteiger partial charge in [0.15, 0.2) is 16.7 Å². The average Bonchev–Trinajstić information content (AvgIpc) is 3.30. The van der Waals surface area contributed by atoms with Crippen LogP contribution in [-0.2, 0) is 13.1 Å². The van der Waals surface area contributed by atoms with Gasteiger partial charge < -0.3 is 9.47 Å². The van der Waals surface area contributed by atoms with Gasteiger partial charge in [-0.1, -0.05) is 11.6 Å². The summed E-state index contributed by atoms with van der Waals surface area (Å²) >= 11 is 7.41. The van der Waals surface area contributed by atoms with E-state index in [1.54, 1.807) is 17.2 Å². The highest BCUT2D eigenvalue weighted by atomic mass is 35.5. The fraction of sp³-hybridized carbons (Fsp3) is 0.167. The number of thiazole rings is 1. The van der Waals surface area contributed by atoms with Crippen LogP contribution in [0.2, 0.25) is 5.15 Å². The lowest BCUT2D eigenvalue weighted by Crippen LogP contribution is -2.38. The Morgan fingerprint density at radius 1 is 1.18 bits per heavy atom. The molecular weight excluding hydrogens is 403 g/mol. The Balaban J connectivity index is 1.43. The molecule has 4 heterocycles. The normalized spacial score (nSPS) is 13.7. The molecule has 0 unspecified atom stereocenters. The molecule has 0 atom stereocenters. The van der Waals surface area contributed by atoms with E-state index in [0.29, 0.717) is 42.0 Å². The molecule has 28 heavy (non-hydrogen) atoms. The molecule has 0 saturated carbocycles. The van der Waals surface area contributed by atoms with Crippen LogP contribution in [0.4, 0.5) is 4.39 Å². The van der Waals surface area contributed by atoms with Gasteiger partial charge in [-0.15, -0.1) is 21.5 Å². The first kappa shape index (κ1) is 17.2. The second-order valence-corrected chi connectivity index (χ2v) is 7.74. The third kappa shape index (κ3) is 2.92. The van der Waals surface area contributed by atoms with Crippen LogP contribution in [0.15, 0.2) is 36.5 Å². The Hall–Kier alpha value is -2.91. The average molecular weight is 415 g/mol. The van der Waals surface area contributed by atoms with E-state index in [1.165, 1.54) is 35.6 Å². The Morgan fingerprint density at radius 3 is 2.82 bits per heavy atom. The summed E-state index contributed by atoms with van der Waals surface area (Å²) in [5.74, 6) is 0.830. The number of benzene rings is 1. The lowest BCUT2D eigenvalue weighted by Gasteiger charge is -2.27. The molecule has 0 bridgehead atoms. The van der Waals surface area contributed by atoms with Gasteiger partial charge in [-0.05, 0) is 24.3 Å². The van der Waals surface area contributed by atoms with Gasteiger partial charge >= 0.3 is 0 Å². The maximum Gasteiger partial charge on any atom is 0.254 e. The summed E-state index contributed by atoms with van der Waals surface area (Å²) in [6.45, 7) is 1.40. The van der Waals surface area contributed by atoms with Crippen molar-refractivity contribution in [2.75, 3.05) is 6.54 Å². The van der Waals surface area contributed by atoms with E-state index in [4.69, 9.17) is 11.6 Å². The van der Waals surface area contributed by atoms with E-state index in [1.807, 2.05) is 4.57 Å². The van der Waals surface area contributed by atoms with Crippen LogP contribution in [0.3, 0.4) is 0 Å². The van der Waals surface area contributed by atoms with Crippen molar-refractivity contribution >= 4 is 39.1 Å². The number of hydrogen-bond acceptors (Lipinski definition) is 6. The molecule has 4 aromatic rings. The number of halogens is 2. The van der Waals surface area contributed by atoms with Gasteiger partial charge in [0.25, 0.3) is 5.91 Å². The minimum Gasteiger partial charge on any atom is -0.329 e. The molecule has 3 aromatic heterocycles. The minimum absolute atomic E-state index is 0.156. The molecular formula is C18H12ClFN6OS. The van der Waals surface area contributed by atoms with Gasteiger partial charge in [-0.25, -0.2) is 14.4 Å². The first-order chi connectivity index (χ1) is 13.6. The molecule has 140 valence electrons. The third-order valence-corrected chi connectivity index (χ3v) is 5.77. The van der Waals surface area contributed by atoms with Crippen LogP contribution in [0.1, 0.15) is 16.2 Å². The highest BCUT2D eigenvalue weighted by Gasteiger charge is 2.26. The van der Waals surface area contributed by atoms with Crippen molar-refractivity contribution in [3.63, 3.8) is 0 Å². The van der Waals surface area contributed by atoms with Crippen molar-refractivity contribution in [2.24, 2.45) is 0 Å². The number of amides is 1. The number of pyridine rings is 1. The largest absolute Gasteiger partial charge is 0.329 e. The van der Waals surface area contributed by atoms with Crippen LogP contribution in [-0.4, -0.2) is 42.1 Å². The molecule has 10 heteroatoms.